The predicted octanol–water partition coefficient (Wildman–Crippen LogP) is 3.45. The number of ether oxygens (including phenoxy) is 2. The molecule has 0 spiro atoms. The van der Waals surface area contributed by atoms with Crippen LogP contribution in [-0.4, -0.2) is 25.9 Å². The summed E-state index contributed by atoms with van der Waals surface area (Å²) in [5.41, 5.74) is 2.39. The summed E-state index contributed by atoms with van der Waals surface area (Å²) in [4.78, 5) is 0. The number of hydrogen-bond donors (Lipinski definition) is 1. The van der Waals surface area contributed by atoms with Gasteiger partial charge >= 0.3 is 0 Å². The molecule has 1 aromatic rings. The Morgan fingerprint density at radius 1 is 1.42 bits per heavy atom. The monoisotopic (exact) mass is 263 g/mol. The van der Waals surface area contributed by atoms with Crippen molar-refractivity contribution in [3.05, 3.63) is 29.8 Å². The second-order valence-electron chi connectivity index (χ2n) is 5.65. The molecule has 1 aliphatic rings. The van der Waals surface area contributed by atoms with Gasteiger partial charge in [-0.3, -0.25) is 0 Å². The molecule has 2 unspecified atom stereocenters. The molecular formula is C16H25NO2. The van der Waals surface area contributed by atoms with Gasteiger partial charge in [0, 0.05) is 25.4 Å². The van der Waals surface area contributed by atoms with Gasteiger partial charge in [0.1, 0.15) is 0 Å². The van der Waals surface area contributed by atoms with Crippen molar-refractivity contribution in [3.63, 3.8) is 0 Å². The molecule has 1 heterocycles. The van der Waals surface area contributed by atoms with E-state index in [1.165, 1.54) is 11.3 Å². The molecule has 2 rings (SSSR count). The fourth-order valence-corrected chi connectivity index (χ4v) is 2.58. The predicted molar refractivity (Wildman–Crippen MR) is 78.4 cm³/mol. The van der Waals surface area contributed by atoms with Gasteiger partial charge in [-0.2, -0.15) is 0 Å². The number of methoxy groups -OCH3 is 1. The molecule has 0 radical (unpaired) electrons. The maximum atomic E-state index is 5.81. The van der Waals surface area contributed by atoms with Crippen LogP contribution < -0.4 is 5.32 Å². The van der Waals surface area contributed by atoms with Crippen molar-refractivity contribution < 1.29 is 9.47 Å². The van der Waals surface area contributed by atoms with Crippen LogP contribution in [0.4, 0.5) is 5.69 Å². The lowest BCUT2D eigenvalue weighted by Gasteiger charge is -2.33. The number of rotatable bonds is 5. The van der Waals surface area contributed by atoms with Crippen LogP contribution in [0.5, 0.6) is 0 Å². The molecule has 19 heavy (non-hydrogen) atoms. The quantitative estimate of drug-likeness (QED) is 0.882. The maximum absolute atomic E-state index is 5.81. The molecule has 1 fully saturated rings. The van der Waals surface area contributed by atoms with Crippen LogP contribution in [0.15, 0.2) is 24.3 Å². The van der Waals surface area contributed by atoms with Crippen LogP contribution in [0, 0.1) is 5.92 Å². The molecule has 1 aromatic carbocycles. The summed E-state index contributed by atoms with van der Waals surface area (Å²) in [6.45, 7) is 5.98. The van der Waals surface area contributed by atoms with Crippen LogP contribution >= 0.6 is 0 Å². The maximum Gasteiger partial charge on any atom is 0.0713 e. The molecule has 0 amide bonds. The van der Waals surface area contributed by atoms with Gasteiger partial charge in [0.15, 0.2) is 0 Å². The highest BCUT2D eigenvalue weighted by Crippen LogP contribution is 2.23. The van der Waals surface area contributed by atoms with E-state index in [4.69, 9.17) is 9.47 Å². The summed E-state index contributed by atoms with van der Waals surface area (Å²) in [5.74, 6) is 0.587. The highest BCUT2D eigenvalue weighted by molar-refractivity contribution is 5.46. The van der Waals surface area contributed by atoms with Crippen molar-refractivity contribution in [2.45, 2.75) is 45.4 Å². The lowest BCUT2D eigenvalue weighted by Crippen LogP contribution is -2.36. The number of benzene rings is 1. The van der Waals surface area contributed by atoms with Crippen LogP contribution in [0.1, 0.15) is 32.3 Å². The minimum Gasteiger partial charge on any atom is -0.382 e. The summed E-state index contributed by atoms with van der Waals surface area (Å²) < 4.78 is 11.0. The topological polar surface area (TPSA) is 30.5 Å². The van der Waals surface area contributed by atoms with Gasteiger partial charge < -0.3 is 14.8 Å². The van der Waals surface area contributed by atoms with Crippen LogP contribution in [0.3, 0.4) is 0 Å². The fraction of sp³-hybridized carbons (Fsp3) is 0.625. The average molecular weight is 263 g/mol. The molecule has 0 aromatic heterocycles. The Hall–Kier alpha value is -1.06. The molecule has 3 heteroatoms. The lowest BCUT2D eigenvalue weighted by molar-refractivity contribution is -0.0160. The Morgan fingerprint density at radius 2 is 2.26 bits per heavy atom. The summed E-state index contributed by atoms with van der Waals surface area (Å²) in [6.07, 6.45) is 2.55. The Balaban J connectivity index is 1.94. The highest BCUT2D eigenvalue weighted by Gasteiger charge is 2.24. The van der Waals surface area contributed by atoms with Gasteiger partial charge in [-0.25, -0.2) is 0 Å². The average Bonchev–Trinajstić information content (AvgIpc) is 2.40. The first-order valence-corrected chi connectivity index (χ1v) is 7.15. The van der Waals surface area contributed by atoms with E-state index in [1.54, 1.807) is 7.11 Å². The zero-order chi connectivity index (χ0) is 13.7. The van der Waals surface area contributed by atoms with Crippen molar-refractivity contribution in [1.82, 2.24) is 0 Å². The third-order valence-electron chi connectivity index (χ3n) is 3.67. The second kappa shape index (κ2) is 6.92. The first-order chi connectivity index (χ1) is 9.19. The zero-order valence-electron chi connectivity index (χ0n) is 12.2. The van der Waals surface area contributed by atoms with Crippen molar-refractivity contribution in [3.8, 4) is 0 Å². The third kappa shape index (κ3) is 4.22. The Morgan fingerprint density at radius 3 is 3.00 bits per heavy atom. The summed E-state index contributed by atoms with van der Waals surface area (Å²) >= 11 is 0. The molecule has 1 N–H and O–H groups in total. The summed E-state index contributed by atoms with van der Waals surface area (Å²) in [6, 6.07) is 8.98. The van der Waals surface area contributed by atoms with Crippen molar-refractivity contribution >= 4 is 5.69 Å². The van der Waals surface area contributed by atoms with Gasteiger partial charge in [-0.15, -0.1) is 0 Å². The zero-order valence-corrected chi connectivity index (χ0v) is 12.2. The molecule has 1 aliphatic heterocycles. The Kier molecular flexibility index (Phi) is 5.23. The van der Waals surface area contributed by atoms with Crippen molar-refractivity contribution in [1.29, 1.82) is 0 Å². The van der Waals surface area contributed by atoms with E-state index in [0.29, 0.717) is 24.7 Å². The molecule has 106 valence electrons. The van der Waals surface area contributed by atoms with Crippen LogP contribution in [-0.2, 0) is 16.1 Å². The summed E-state index contributed by atoms with van der Waals surface area (Å²) in [5, 5.41) is 3.63. The number of hydrogen-bond acceptors (Lipinski definition) is 3. The second-order valence-corrected chi connectivity index (χ2v) is 5.65. The molecule has 2 atom stereocenters. The largest absolute Gasteiger partial charge is 0.382 e. The minimum absolute atomic E-state index is 0.383. The van der Waals surface area contributed by atoms with Gasteiger partial charge in [-0.05, 0) is 36.5 Å². The Labute approximate surface area is 116 Å². The molecule has 0 aliphatic carbocycles. The van der Waals surface area contributed by atoms with E-state index in [-0.39, 0.29) is 0 Å². The fourth-order valence-electron chi connectivity index (χ4n) is 2.58. The first-order valence-electron chi connectivity index (χ1n) is 7.15. The van der Waals surface area contributed by atoms with Gasteiger partial charge in [0.2, 0.25) is 0 Å². The van der Waals surface area contributed by atoms with E-state index in [9.17, 15) is 0 Å². The minimum atomic E-state index is 0.383. The van der Waals surface area contributed by atoms with E-state index in [1.807, 2.05) is 0 Å². The van der Waals surface area contributed by atoms with E-state index in [0.717, 1.165) is 19.4 Å². The standard InChI is InChI=1S/C16H25NO2/c1-12(2)16-10-15(7-8-19-16)17-14-6-4-5-13(9-14)11-18-3/h4-6,9,12,15-17H,7-8,10-11H2,1-3H3. The lowest BCUT2D eigenvalue weighted by atomic mass is 9.95. The number of nitrogens with one attached hydrogen (secondary N) is 1. The van der Waals surface area contributed by atoms with Gasteiger partial charge in [0.05, 0.1) is 12.7 Å². The van der Waals surface area contributed by atoms with E-state index >= 15 is 0 Å². The third-order valence-corrected chi connectivity index (χ3v) is 3.67. The first kappa shape index (κ1) is 14.4. The molecule has 0 saturated carbocycles. The SMILES string of the molecule is COCc1cccc(NC2CCOC(C(C)C)C2)c1. The Bertz CT molecular complexity index is 392. The molecule has 1 saturated heterocycles. The highest BCUT2D eigenvalue weighted by atomic mass is 16.5. The van der Waals surface area contributed by atoms with Crippen LogP contribution in [0.2, 0.25) is 0 Å². The molecule has 0 bridgehead atoms. The number of anilines is 1. The van der Waals surface area contributed by atoms with Gasteiger partial charge in [-0.1, -0.05) is 26.0 Å². The molecular weight excluding hydrogens is 238 g/mol. The summed E-state index contributed by atoms with van der Waals surface area (Å²) in [7, 11) is 1.73. The van der Waals surface area contributed by atoms with Crippen molar-refractivity contribution in [2.75, 3.05) is 19.0 Å². The van der Waals surface area contributed by atoms with Crippen LogP contribution in [0.25, 0.3) is 0 Å². The van der Waals surface area contributed by atoms with E-state index in [2.05, 4.69) is 43.4 Å². The van der Waals surface area contributed by atoms with Crippen molar-refractivity contribution in [2.24, 2.45) is 5.92 Å². The smallest absolute Gasteiger partial charge is 0.0713 e. The molecule has 3 nitrogen and oxygen atoms in total. The normalized spacial score (nSPS) is 23.6. The van der Waals surface area contributed by atoms with Gasteiger partial charge in [0.25, 0.3) is 0 Å². The van der Waals surface area contributed by atoms with E-state index < -0.39 is 0 Å².